The van der Waals surface area contributed by atoms with E-state index in [1.165, 1.54) is 0 Å². The van der Waals surface area contributed by atoms with Crippen molar-refractivity contribution in [3.8, 4) is 11.3 Å². The maximum Gasteiger partial charge on any atom is 0.292 e. The summed E-state index contributed by atoms with van der Waals surface area (Å²) in [4.78, 5) is 23.9. The standard InChI is InChI=1S/C16H17N3O4/c1-11-8-15(19(21)22)14(18-6-4-17-5-7-18)9-13(11)16-3-2-12(10-20)23-16/h2-3,8-10,17H,4-7H2,1H3. The van der Waals surface area contributed by atoms with Gasteiger partial charge in [0.15, 0.2) is 12.0 Å². The van der Waals surface area contributed by atoms with Crippen molar-refractivity contribution in [3.63, 3.8) is 0 Å². The first-order valence-electron chi connectivity index (χ1n) is 7.40. The highest BCUT2D eigenvalue weighted by atomic mass is 16.6. The highest BCUT2D eigenvalue weighted by molar-refractivity contribution is 5.78. The normalized spacial score (nSPS) is 14.7. The monoisotopic (exact) mass is 315 g/mol. The van der Waals surface area contributed by atoms with E-state index >= 15 is 0 Å². The van der Waals surface area contributed by atoms with Crippen LogP contribution in [-0.4, -0.2) is 37.4 Å². The van der Waals surface area contributed by atoms with Crippen LogP contribution < -0.4 is 10.2 Å². The molecule has 0 radical (unpaired) electrons. The first-order valence-corrected chi connectivity index (χ1v) is 7.40. The molecule has 120 valence electrons. The van der Waals surface area contributed by atoms with Crippen LogP contribution in [0.3, 0.4) is 0 Å². The lowest BCUT2D eigenvalue weighted by atomic mass is 10.0. The van der Waals surface area contributed by atoms with Gasteiger partial charge >= 0.3 is 0 Å². The van der Waals surface area contributed by atoms with E-state index in [1.54, 1.807) is 31.2 Å². The van der Waals surface area contributed by atoms with Crippen molar-refractivity contribution in [2.75, 3.05) is 31.1 Å². The lowest BCUT2D eigenvalue weighted by Gasteiger charge is -2.29. The Morgan fingerprint density at radius 1 is 1.30 bits per heavy atom. The molecular weight excluding hydrogens is 298 g/mol. The van der Waals surface area contributed by atoms with Gasteiger partial charge in [0.25, 0.3) is 5.69 Å². The third-order valence-corrected chi connectivity index (χ3v) is 3.98. The molecule has 1 N–H and O–H groups in total. The number of benzene rings is 1. The van der Waals surface area contributed by atoms with Gasteiger partial charge in [0.1, 0.15) is 11.4 Å². The zero-order valence-corrected chi connectivity index (χ0v) is 12.7. The third-order valence-electron chi connectivity index (χ3n) is 3.98. The zero-order valence-electron chi connectivity index (χ0n) is 12.7. The minimum absolute atomic E-state index is 0.0929. The maximum absolute atomic E-state index is 11.4. The number of aldehydes is 1. The lowest BCUT2D eigenvalue weighted by Crippen LogP contribution is -2.43. The fraction of sp³-hybridized carbons (Fsp3) is 0.312. The molecule has 0 amide bonds. The van der Waals surface area contributed by atoms with Crippen molar-refractivity contribution in [1.29, 1.82) is 0 Å². The van der Waals surface area contributed by atoms with E-state index < -0.39 is 0 Å². The number of nitrogens with one attached hydrogen (secondary N) is 1. The fourth-order valence-corrected chi connectivity index (χ4v) is 2.81. The first-order chi connectivity index (χ1) is 11.1. The van der Waals surface area contributed by atoms with Crippen LogP contribution >= 0.6 is 0 Å². The van der Waals surface area contributed by atoms with Gasteiger partial charge in [0.2, 0.25) is 0 Å². The molecule has 3 rings (SSSR count). The fourth-order valence-electron chi connectivity index (χ4n) is 2.81. The van der Waals surface area contributed by atoms with E-state index in [9.17, 15) is 14.9 Å². The molecule has 1 saturated heterocycles. The average Bonchev–Trinajstić information content (AvgIpc) is 3.04. The van der Waals surface area contributed by atoms with Crippen LogP contribution in [0.4, 0.5) is 11.4 Å². The highest BCUT2D eigenvalue weighted by Crippen LogP contribution is 2.36. The number of rotatable bonds is 4. The Kier molecular flexibility index (Phi) is 4.12. The molecule has 0 bridgehead atoms. The predicted octanol–water partition coefficient (Wildman–Crippen LogP) is 2.39. The van der Waals surface area contributed by atoms with Crippen LogP contribution in [0.15, 0.2) is 28.7 Å². The minimum Gasteiger partial charge on any atom is -0.453 e. The Morgan fingerprint density at radius 3 is 2.65 bits per heavy atom. The quantitative estimate of drug-likeness (QED) is 0.529. The van der Waals surface area contributed by atoms with Crippen LogP contribution in [-0.2, 0) is 0 Å². The van der Waals surface area contributed by atoms with Crippen molar-refractivity contribution in [2.45, 2.75) is 6.92 Å². The molecular formula is C16H17N3O4. The second-order valence-electron chi connectivity index (χ2n) is 5.47. The van der Waals surface area contributed by atoms with Gasteiger partial charge in [-0.15, -0.1) is 0 Å². The molecule has 1 aromatic carbocycles. The summed E-state index contributed by atoms with van der Waals surface area (Å²) in [7, 11) is 0. The van der Waals surface area contributed by atoms with E-state index in [0.717, 1.165) is 24.2 Å². The largest absolute Gasteiger partial charge is 0.453 e. The van der Waals surface area contributed by atoms with Crippen molar-refractivity contribution < 1.29 is 14.1 Å². The van der Waals surface area contributed by atoms with E-state index in [2.05, 4.69) is 5.32 Å². The Bertz CT molecular complexity index is 748. The summed E-state index contributed by atoms with van der Waals surface area (Å²) in [6.45, 7) is 4.79. The summed E-state index contributed by atoms with van der Waals surface area (Å²) in [6.07, 6.45) is 0.640. The molecule has 2 heterocycles. The summed E-state index contributed by atoms with van der Waals surface area (Å²) in [6, 6.07) is 6.65. The van der Waals surface area contributed by atoms with Gasteiger partial charge in [-0.2, -0.15) is 0 Å². The van der Waals surface area contributed by atoms with Crippen LogP contribution in [0.2, 0.25) is 0 Å². The molecule has 2 aromatic rings. The molecule has 1 fully saturated rings. The first kappa shape index (κ1) is 15.2. The minimum atomic E-state index is -0.354. The molecule has 23 heavy (non-hydrogen) atoms. The number of piperazine rings is 1. The van der Waals surface area contributed by atoms with Crippen molar-refractivity contribution in [1.82, 2.24) is 5.32 Å². The second-order valence-corrected chi connectivity index (χ2v) is 5.47. The molecule has 0 saturated carbocycles. The molecule has 7 heteroatoms. The Labute approximate surface area is 133 Å². The molecule has 0 atom stereocenters. The number of hydrogen-bond acceptors (Lipinski definition) is 6. The van der Waals surface area contributed by atoms with Crippen molar-refractivity contribution in [2.24, 2.45) is 0 Å². The Balaban J connectivity index is 2.10. The van der Waals surface area contributed by atoms with Crippen molar-refractivity contribution in [3.05, 3.63) is 45.7 Å². The second kappa shape index (κ2) is 6.21. The smallest absolute Gasteiger partial charge is 0.292 e. The van der Waals surface area contributed by atoms with Crippen LogP contribution in [0.5, 0.6) is 0 Å². The lowest BCUT2D eigenvalue weighted by molar-refractivity contribution is -0.384. The van der Waals surface area contributed by atoms with Crippen LogP contribution in [0.25, 0.3) is 11.3 Å². The number of aryl methyl sites for hydroxylation is 1. The molecule has 0 unspecified atom stereocenters. The van der Waals surface area contributed by atoms with Crippen LogP contribution in [0, 0.1) is 17.0 Å². The maximum atomic E-state index is 11.4. The topological polar surface area (TPSA) is 88.6 Å². The number of carbonyl (C=O) groups excluding carboxylic acids is 1. The summed E-state index contributed by atoms with van der Waals surface area (Å²) >= 11 is 0. The molecule has 1 aromatic heterocycles. The van der Waals surface area contributed by atoms with Crippen LogP contribution in [0.1, 0.15) is 16.1 Å². The molecule has 0 aliphatic carbocycles. The number of nitro benzene ring substituents is 1. The Hall–Kier alpha value is -2.67. The van der Waals surface area contributed by atoms with E-state index in [4.69, 9.17) is 4.42 Å². The summed E-state index contributed by atoms with van der Waals surface area (Å²) in [5.74, 6) is 0.775. The molecule has 0 spiro atoms. The number of anilines is 1. The molecule has 1 aliphatic rings. The SMILES string of the molecule is Cc1cc([N+](=O)[O-])c(N2CCNCC2)cc1-c1ccc(C=O)o1. The summed E-state index contributed by atoms with van der Waals surface area (Å²) < 4.78 is 5.47. The van der Waals surface area contributed by atoms with Gasteiger partial charge in [0, 0.05) is 37.8 Å². The molecule has 1 aliphatic heterocycles. The number of nitrogens with zero attached hydrogens (tertiary/aromatic N) is 2. The van der Waals surface area contributed by atoms with Gasteiger partial charge < -0.3 is 14.6 Å². The molecule has 7 nitrogen and oxygen atoms in total. The number of furan rings is 1. The van der Waals surface area contributed by atoms with E-state index in [1.807, 2.05) is 4.90 Å². The van der Waals surface area contributed by atoms with Gasteiger partial charge in [-0.1, -0.05) is 0 Å². The number of hydrogen-bond donors (Lipinski definition) is 1. The third kappa shape index (κ3) is 2.95. The Morgan fingerprint density at radius 2 is 2.04 bits per heavy atom. The summed E-state index contributed by atoms with van der Waals surface area (Å²) in [5, 5.41) is 14.6. The highest BCUT2D eigenvalue weighted by Gasteiger charge is 2.24. The van der Waals surface area contributed by atoms with Gasteiger partial charge in [-0.25, -0.2) is 0 Å². The summed E-state index contributed by atoms with van der Waals surface area (Å²) in [5.41, 5.74) is 2.18. The van der Waals surface area contributed by atoms with Gasteiger partial charge in [-0.05, 0) is 30.7 Å². The predicted molar refractivity (Wildman–Crippen MR) is 86.0 cm³/mol. The van der Waals surface area contributed by atoms with E-state index in [-0.39, 0.29) is 16.4 Å². The van der Waals surface area contributed by atoms with E-state index in [0.29, 0.717) is 30.8 Å². The average molecular weight is 315 g/mol. The number of nitro groups is 1. The zero-order chi connectivity index (χ0) is 16.4. The van der Waals surface area contributed by atoms with Gasteiger partial charge in [-0.3, -0.25) is 14.9 Å². The van der Waals surface area contributed by atoms with Gasteiger partial charge in [0.05, 0.1) is 4.92 Å². The van der Waals surface area contributed by atoms with Crippen molar-refractivity contribution >= 4 is 17.7 Å². The number of carbonyl (C=O) groups is 1.